The summed E-state index contributed by atoms with van der Waals surface area (Å²) in [5, 5.41) is 16.9. The molecule has 1 aromatic heterocycles. The van der Waals surface area contributed by atoms with E-state index in [1.54, 1.807) is 27.0 Å². The van der Waals surface area contributed by atoms with Crippen LogP contribution < -0.4 is 20.9 Å². The molecule has 16 heteroatoms. The number of unbranched alkanes of at least 4 members (excludes halogenated alkanes) is 1. The number of rotatable bonds is 14. The Balaban J connectivity index is 1.52. The minimum Gasteiger partial charge on any atom is -0.444 e. The number of H-pyrrole nitrogens is 1. The number of alkyl halides is 3. The molecule has 2 aromatic carbocycles. The lowest BCUT2D eigenvalue weighted by molar-refractivity contribution is -0.276. The zero-order chi connectivity index (χ0) is 32.5. The number of carbonyl (C=O) groups excluding carboxylic acids is 1. The fraction of sp³-hybridized carbons (Fsp3) is 0.429. The molecule has 0 unspecified atom stereocenters. The van der Waals surface area contributed by atoms with E-state index in [4.69, 9.17) is 20.3 Å². The summed E-state index contributed by atoms with van der Waals surface area (Å²) < 4.78 is 80.5. The second kappa shape index (κ2) is 15.3. The maximum Gasteiger partial charge on any atom is 0.573 e. The third kappa shape index (κ3) is 10.4. The number of fused-ring (bicyclic) bond motifs is 1. The Hall–Kier alpha value is -3.76. The fourth-order valence-corrected chi connectivity index (χ4v) is 4.44. The van der Waals surface area contributed by atoms with E-state index in [1.165, 1.54) is 11.1 Å². The zero-order valence-corrected chi connectivity index (χ0v) is 25.2. The van der Waals surface area contributed by atoms with Gasteiger partial charge in [-0.2, -0.15) is 5.10 Å². The lowest BCUT2D eigenvalue weighted by atomic mass is 10.1. The normalized spacial score (nSPS) is 12.4. The molecule has 0 aliphatic carbocycles. The van der Waals surface area contributed by atoms with E-state index >= 15 is 0 Å². The van der Waals surface area contributed by atoms with Crippen LogP contribution in [-0.2, 0) is 16.0 Å². The van der Waals surface area contributed by atoms with Gasteiger partial charge in [0.2, 0.25) is 5.75 Å². The number of nitrogens with one attached hydrogen (secondary N) is 2. The predicted octanol–water partition coefficient (Wildman–Crippen LogP) is 6.25. The van der Waals surface area contributed by atoms with Crippen LogP contribution >= 0.6 is 11.9 Å². The molecule has 0 bridgehead atoms. The maximum absolute atomic E-state index is 14.2. The number of hydrogen-bond acceptors (Lipinski definition) is 9. The molecule has 242 valence electrons. The highest BCUT2D eigenvalue weighted by Gasteiger charge is 2.34. The lowest BCUT2D eigenvalue weighted by Crippen LogP contribution is -2.37. The van der Waals surface area contributed by atoms with Crippen molar-refractivity contribution in [3.05, 3.63) is 59.4 Å². The molecule has 0 aliphatic rings. The fourth-order valence-electron chi connectivity index (χ4n) is 4.11. The molecule has 6 N–H and O–H groups in total. The highest BCUT2D eigenvalue weighted by molar-refractivity contribution is 8.06. The number of aromatic nitrogens is 2. The first-order valence-corrected chi connectivity index (χ1v) is 14.4. The molecular formula is C28H35F5N6O4S. The number of amides is 1. The van der Waals surface area contributed by atoms with Crippen LogP contribution in [0.3, 0.4) is 0 Å². The van der Waals surface area contributed by atoms with Crippen molar-refractivity contribution in [3.63, 3.8) is 0 Å². The van der Waals surface area contributed by atoms with Crippen molar-refractivity contribution in [2.75, 3.05) is 31.6 Å². The number of nitrogens with zero attached hydrogens (tertiary/aromatic N) is 2. The van der Waals surface area contributed by atoms with E-state index < -0.39 is 35.4 Å². The van der Waals surface area contributed by atoms with Crippen LogP contribution in [0.4, 0.5) is 32.4 Å². The smallest absolute Gasteiger partial charge is 0.444 e. The number of ether oxygens (including phenoxy) is 3. The van der Waals surface area contributed by atoms with E-state index in [1.807, 2.05) is 12.1 Å². The van der Waals surface area contributed by atoms with Gasteiger partial charge in [-0.25, -0.2) is 13.6 Å². The molecule has 0 spiro atoms. The number of anilines is 1. The Bertz CT molecular complexity index is 1420. The molecule has 10 nitrogen and oxygen atoms in total. The minimum absolute atomic E-state index is 0.0716. The van der Waals surface area contributed by atoms with Crippen molar-refractivity contribution < 1.29 is 41.0 Å². The van der Waals surface area contributed by atoms with Crippen molar-refractivity contribution >= 4 is 39.5 Å². The van der Waals surface area contributed by atoms with E-state index in [9.17, 15) is 26.7 Å². The first-order chi connectivity index (χ1) is 20.7. The highest BCUT2D eigenvalue weighted by Crippen LogP contribution is 2.31. The van der Waals surface area contributed by atoms with Crippen molar-refractivity contribution in [1.29, 1.82) is 0 Å². The van der Waals surface area contributed by atoms with Gasteiger partial charge in [-0.05, 0) is 81.0 Å². The predicted molar refractivity (Wildman–Crippen MR) is 158 cm³/mol. The summed E-state index contributed by atoms with van der Waals surface area (Å²) in [6.45, 7) is 6.03. The molecule has 1 amide bonds. The molecule has 0 radical (unpaired) electrons. The van der Waals surface area contributed by atoms with Crippen LogP contribution in [0.15, 0.2) is 36.7 Å². The lowest BCUT2D eigenvalue weighted by Gasteiger charge is -2.27. The SMILES string of the molecule is CC(C)(C)OC(=O)N(CCCCOCCNc1cc(/C(=C/N)SN)cc2[nH]ncc12)Cc1cc(F)c(OC(F)(F)F)c(F)c1. The Kier molecular flexibility index (Phi) is 12.1. The minimum atomic E-state index is -5.27. The Morgan fingerprint density at radius 3 is 2.43 bits per heavy atom. The van der Waals surface area contributed by atoms with Gasteiger partial charge in [0.25, 0.3) is 0 Å². The van der Waals surface area contributed by atoms with Gasteiger partial charge in [0.15, 0.2) is 11.6 Å². The average molecular weight is 647 g/mol. The summed E-state index contributed by atoms with van der Waals surface area (Å²) >= 11 is 1.03. The number of halogens is 5. The quantitative estimate of drug-likeness (QED) is 0.0909. The Morgan fingerprint density at radius 1 is 1.11 bits per heavy atom. The van der Waals surface area contributed by atoms with Gasteiger partial charge in [-0.3, -0.25) is 10.2 Å². The number of benzene rings is 2. The summed E-state index contributed by atoms with van der Waals surface area (Å²) in [6, 6.07) is 5.18. The van der Waals surface area contributed by atoms with Crippen molar-refractivity contribution in [1.82, 2.24) is 15.1 Å². The zero-order valence-electron chi connectivity index (χ0n) is 24.4. The first-order valence-electron chi connectivity index (χ1n) is 13.5. The molecule has 0 saturated heterocycles. The van der Waals surface area contributed by atoms with Gasteiger partial charge in [0, 0.05) is 48.4 Å². The molecule has 3 rings (SSSR count). The van der Waals surface area contributed by atoms with Crippen LogP contribution in [0, 0.1) is 11.6 Å². The number of aromatic amines is 1. The molecule has 0 atom stereocenters. The van der Waals surface area contributed by atoms with E-state index in [2.05, 4.69) is 20.3 Å². The van der Waals surface area contributed by atoms with Gasteiger partial charge in [-0.1, -0.05) is 0 Å². The van der Waals surface area contributed by atoms with Gasteiger partial charge in [0.05, 0.1) is 18.3 Å². The van der Waals surface area contributed by atoms with Gasteiger partial charge in [0.1, 0.15) is 5.60 Å². The molecule has 44 heavy (non-hydrogen) atoms. The maximum atomic E-state index is 14.2. The molecule has 3 aromatic rings. The molecular weight excluding hydrogens is 611 g/mol. The number of carbonyl (C=O) groups is 1. The third-order valence-corrected chi connectivity index (χ3v) is 6.58. The first kappa shape index (κ1) is 34.7. The van der Waals surface area contributed by atoms with E-state index in [-0.39, 0.29) is 18.7 Å². The summed E-state index contributed by atoms with van der Waals surface area (Å²) in [5.41, 5.74) is 7.21. The topological polar surface area (TPSA) is 141 Å². The summed E-state index contributed by atoms with van der Waals surface area (Å²) in [6.07, 6.45) is -1.88. The Labute approximate surface area is 255 Å². The third-order valence-electron chi connectivity index (χ3n) is 5.95. The summed E-state index contributed by atoms with van der Waals surface area (Å²) in [5.74, 6) is -4.65. The van der Waals surface area contributed by atoms with E-state index in [0.717, 1.165) is 34.1 Å². The van der Waals surface area contributed by atoms with Crippen molar-refractivity contribution in [2.24, 2.45) is 10.9 Å². The van der Waals surface area contributed by atoms with Crippen LogP contribution in [0.5, 0.6) is 5.75 Å². The van der Waals surface area contributed by atoms with Gasteiger partial charge < -0.3 is 30.2 Å². The van der Waals surface area contributed by atoms with Crippen LogP contribution in [0.2, 0.25) is 0 Å². The number of nitrogens with two attached hydrogens (primary N) is 2. The second-order valence-corrected chi connectivity index (χ2v) is 11.3. The van der Waals surface area contributed by atoms with Crippen molar-refractivity contribution in [2.45, 2.75) is 52.1 Å². The monoisotopic (exact) mass is 646 g/mol. The van der Waals surface area contributed by atoms with Crippen LogP contribution in [0.1, 0.15) is 44.7 Å². The Morgan fingerprint density at radius 2 is 1.82 bits per heavy atom. The van der Waals surface area contributed by atoms with Crippen LogP contribution in [-0.4, -0.2) is 59.5 Å². The molecule has 0 aliphatic heterocycles. The van der Waals surface area contributed by atoms with E-state index in [0.29, 0.717) is 49.6 Å². The van der Waals surface area contributed by atoms with Gasteiger partial charge >= 0.3 is 12.5 Å². The highest BCUT2D eigenvalue weighted by atomic mass is 32.2. The molecule has 0 fully saturated rings. The van der Waals surface area contributed by atoms with Gasteiger partial charge in [-0.15, -0.1) is 13.2 Å². The van der Waals surface area contributed by atoms with Crippen molar-refractivity contribution in [3.8, 4) is 5.75 Å². The standard InChI is InChI=1S/C28H35F5N6O4S/c1-27(2,3)43-26(40)39(16-17-10-20(29)25(21(30)11-17)42-28(31,32)33)7-4-5-8-41-9-6-36-22-12-18(24(14-34)44-35)13-23-19(22)15-37-38-23/h10-15,36H,4-9,16,34-35H2,1-3H3,(H,37,38)/b24-14-. The summed E-state index contributed by atoms with van der Waals surface area (Å²) in [4.78, 5) is 14.7. The van der Waals surface area contributed by atoms with Crippen LogP contribution in [0.25, 0.3) is 15.8 Å². The average Bonchev–Trinajstić information content (AvgIpc) is 3.40. The molecule has 1 heterocycles. The summed E-state index contributed by atoms with van der Waals surface area (Å²) in [7, 11) is 0. The number of hydrogen-bond donors (Lipinski definition) is 4. The second-order valence-electron chi connectivity index (χ2n) is 10.6. The largest absolute Gasteiger partial charge is 0.573 e. The molecule has 0 saturated carbocycles.